The van der Waals surface area contributed by atoms with Crippen LogP contribution in [0.4, 0.5) is 0 Å². The highest BCUT2D eigenvalue weighted by Gasteiger charge is 2.45. The lowest BCUT2D eigenvalue weighted by molar-refractivity contribution is -0.202. The Morgan fingerprint density at radius 2 is 1.58 bits per heavy atom. The highest BCUT2D eigenvalue weighted by atomic mass is 127. The van der Waals surface area contributed by atoms with Crippen LogP contribution in [-0.2, 0) is 15.9 Å². The second-order valence-corrected chi connectivity index (χ2v) is 6.88. The fraction of sp³-hybridized carbons (Fsp3) is 0.600. The van der Waals surface area contributed by atoms with E-state index in [2.05, 4.69) is 46.9 Å². The van der Waals surface area contributed by atoms with Crippen LogP contribution in [0.15, 0.2) is 24.3 Å². The average molecular weight is 374 g/mol. The molecular weight excluding hydrogens is 355 g/mol. The lowest BCUT2D eigenvalue weighted by Crippen LogP contribution is -2.44. The van der Waals surface area contributed by atoms with Crippen LogP contribution >= 0.6 is 22.6 Å². The van der Waals surface area contributed by atoms with Crippen LogP contribution < -0.4 is 0 Å². The summed E-state index contributed by atoms with van der Waals surface area (Å²) in [6, 6.07) is 8.39. The Balaban J connectivity index is 1.63. The van der Waals surface area contributed by atoms with Crippen molar-refractivity contribution in [3.8, 4) is 0 Å². The number of hydrogen-bond acceptors (Lipinski definition) is 3. The van der Waals surface area contributed by atoms with Crippen molar-refractivity contribution in [2.45, 2.75) is 43.5 Å². The summed E-state index contributed by atoms with van der Waals surface area (Å²) in [5, 5.41) is 10.7. The molecule has 1 spiro atoms. The molecule has 19 heavy (non-hydrogen) atoms. The van der Waals surface area contributed by atoms with E-state index >= 15 is 0 Å². The molecule has 0 radical (unpaired) electrons. The minimum atomic E-state index is -0.604. The fourth-order valence-corrected chi connectivity index (χ4v) is 3.40. The topological polar surface area (TPSA) is 38.7 Å². The number of halogens is 1. The predicted octanol–water partition coefficient (Wildman–Crippen LogP) is 2.88. The van der Waals surface area contributed by atoms with E-state index in [1.807, 2.05) is 0 Å². The van der Waals surface area contributed by atoms with Gasteiger partial charge in [-0.25, -0.2) is 0 Å². The van der Waals surface area contributed by atoms with Crippen LogP contribution in [0, 0.1) is 3.57 Å². The van der Waals surface area contributed by atoms with Crippen molar-refractivity contribution in [3.63, 3.8) is 0 Å². The van der Waals surface area contributed by atoms with Gasteiger partial charge in [0.2, 0.25) is 0 Å². The molecule has 1 saturated carbocycles. The third-order valence-electron chi connectivity index (χ3n) is 4.20. The number of hydrogen-bond donors (Lipinski definition) is 1. The third kappa shape index (κ3) is 3.12. The molecule has 0 atom stereocenters. The molecule has 1 aromatic rings. The van der Waals surface area contributed by atoms with Gasteiger partial charge in [-0.05, 0) is 53.1 Å². The third-order valence-corrected chi connectivity index (χ3v) is 4.92. The Morgan fingerprint density at radius 3 is 2.16 bits per heavy atom. The van der Waals surface area contributed by atoms with Gasteiger partial charge in [0.05, 0.1) is 18.8 Å². The van der Waals surface area contributed by atoms with Gasteiger partial charge in [0.25, 0.3) is 0 Å². The summed E-state index contributed by atoms with van der Waals surface area (Å²) in [5.74, 6) is -0.391. The van der Waals surface area contributed by atoms with Gasteiger partial charge >= 0.3 is 0 Å². The van der Waals surface area contributed by atoms with Crippen molar-refractivity contribution in [2.75, 3.05) is 13.2 Å². The average Bonchev–Trinajstić information content (AvgIpc) is 2.86. The monoisotopic (exact) mass is 374 g/mol. The predicted molar refractivity (Wildman–Crippen MR) is 80.9 cm³/mol. The van der Waals surface area contributed by atoms with E-state index in [0.717, 1.165) is 32.1 Å². The van der Waals surface area contributed by atoms with Crippen LogP contribution in [0.2, 0.25) is 0 Å². The smallest absolute Gasteiger partial charge is 0.168 e. The summed E-state index contributed by atoms with van der Waals surface area (Å²) in [5.41, 5.74) is 0.597. The lowest BCUT2D eigenvalue weighted by Gasteiger charge is -2.40. The second-order valence-electron chi connectivity index (χ2n) is 5.64. The second kappa shape index (κ2) is 5.31. The summed E-state index contributed by atoms with van der Waals surface area (Å²) in [6.07, 6.45) is 3.82. The summed E-state index contributed by atoms with van der Waals surface area (Å²) >= 11 is 2.30. The molecule has 1 heterocycles. The fourth-order valence-electron chi connectivity index (χ4n) is 3.04. The largest absolute Gasteiger partial charge is 0.390 e. The molecule has 0 amide bonds. The maximum absolute atomic E-state index is 10.7. The minimum absolute atomic E-state index is 0.391. The molecule has 4 heteroatoms. The Hall–Kier alpha value is -0.170. The maximum Gasteiger partial charge on any atom is 0.168 e. The zero-order valence-electron chi connectivity index (χ0n) is 10.9. The van der Waals surface area contributed by atoms with Gasteiger partial charge in [-0.1, -0.05) is 12.1 Å². The van der Waals surface area contributed by atoms with Crippen LogP contribution in [0.5, 0.6) is 0 Å². The molecule has 0 unspecified atom stereocenters. The van der Waals surface area contributed by atoms with Crippen LogP contribution in [-0.4, -0.2) is 29.7 Å². The SMILES string of the molecule is OC1(Cc2ccc(I)cc2)CCC2(CC1)OCCO2. The first-order chi connectivity index (χ1) is 9.09. The van der Waals surface area contributed by atoms with Crippen LogP contribution in [0.3, 0.4) is 0 Å². The highest BCUT2D eigenvalue weighted by Crippen LogP contribution is 2.41. The molecule has 1 aromatic carbocycles. The number of ether oxygens (including phenoxy) is 2. The molecule has 3 rings (SSSR count). The summed E-state index contributed by atoms with van der Waals surface area (Å²) in [4.78, 5) is 0. The molecule has 0 aromatic heterocycles. The first kappa shape index (κ1) is 13.8. The molecule has 1 N–H and O–H groups in total. The first-order valence-corrected chi connectivity index (χ1v) is 7.92. The van der Waals surface area contributed by atoms with Gasteiger partial charge in [0.1, 0.15) is 0 Å². The molecule has 1 aliphatic heterocycles. The highest BCUT2D eigenvalue weighted by molar-refractivity contribution is 14.1. The van der Waals surface area contributed by atoms with E-state index < -0.39 is 11.4 Å². The molecule has 2 aliphatic rings. The van der Waals surface area contributed by atoms with Crippen LogP contribution in [0.25, 0.3) is 0 Å². The molecule has 0 bridgehead atoms. The van der Waals surface area contributed by atoms with E-state index in [-0.39, 0.29) is 0 Å². The van der Waals surface area contributed by atoms with Crippen molar-refractivity contribution < 1.29 is 14.6 Å². The van der Waals surface area contributed by atoms with Crippen molar-refractivity contribution in [3.05, 3.63) is 33.4 Å². The Labute approximate surface area is 127 Å². The summed E-state index contributed by atoms with van der Waals surface area (Å²) in [6.45, 7) is 1.38. The Morgan fingerprint density at radius 1 is 1.00 bits per heavy atom. The van der Waals surface area contributed by atoms with E-state index in [4.69, 9.17) is 9.47 Å². The van der Waals surface area contributed by atoms with Gasteiger partial charge < -0.3 is 14.6 Å². The molecular formula is C15H19IO3. The van der Waals surface area contributed by atoms with Crippen molar-refractivity contribution >= 4 is 22.6 Å². The van der Waals surface area contributed by atoms with Gasteiger partial charge in [-0.3, -0.25) is 0 Å². The first-order valence-electron chi connectivity index (χ1n) is 6.84. The van der Waals surface area contributed by atoms with Crippen molar-refractivity contribution in [1.82, 2.24) is 0 Å². The van der Waals surface area contributed by atoms with Crippen molar-refractivity contribution in [1.29, 1.82) is 0 Å². The number of benzene rings is 1. The normalized spacial score (nSPS) is 24.7. The van der Waals surface area contributed by atoms with E-state index in [1.165, 1.54) is 9.13 Å². The van der Waals surface area contributed by atoms with Gasteiger partial charge in [0, 0.05) is 22.8 Å². The van der Waals surface area contributed by atoms with Gasteiger partial charge in [-0.15, -0.1) is 0 Å². The van der Waals surface area contributed by atoms with Gasteiger partial charge in [0.15, 0.2) is 5.79 Å². The quantitative estimate of drug-likeness (QED) is 0.810. The van der Waals surface area contributed by atoms with E-state index in [1.54, 1.807) is 0 Å². The molecule has 1 saturated heterocycles. The molecule has 2 fully saturated rings. The number of aliphatic hydroxyl groups is 1. The zero-order chi connectivity index (χ0) is 13.3. The Bertz CT molecular complexity index is 427. The maximum atomic E-state index is 10.7. The van der Waals surface area contributed by atoms with Crippen LogP contribution in [0.1, 0.15) is 31.2 Å². The van der Waals surface area contributed by atoms with E-state index in [9.17, 15) is 5.11 Å². The molecule has 104 valence electrons. The standard InChI is InChI=1S/C15H19IO3/c16-13-3-1-12(2-4-13)11-14(17)5-7-15(8-6-14)18-9-10-19-15/h1-4,17H,5-11H2. The molecule has 1 aliphatic carbocycles. The van der Waals surface area contributed by atoms with E-state index in [0.29, 0.717) is 13.2 Å². The Kier molecular flexibility index (Phi) is 3.86. The minimum Gasteiger partial charge on any atom is -0.390 e. The lowest BCUT2D eigenvalue weighted by atomic mass is 9.78. The van der Waals surface area contributed by atoms with Crippen molar-refractivity contribution in [2.24, 2.45) is 0 Å². The summed E-state index contributed by atoms with van der Waals surface area (Å²) < 4.78 is 12.6. The number of rotatable bonds is 2. The zero-order valence-corrected chi connectivity index (χ0v) is 13.1. The molecule has 3 nitrogen and oxygen atoms in total. The van der Waals surface area contributed by atoms with Gasteiger partial charge in [-0.2, -0.15) is 0 Å². The summed E-state index contributed by atoms with van der Waals surface area (Å²) in [7, 11) is 0.